The minimum absolute atomic E-state index is 0.0848. The molecule has 0 bridgehead atoms. The minimum Gasteiger partial charge on any atom is -0.383 e. The molecule has 0 saturated heterocycles. The molecule has 1 aromatic rings. The fourth-order valence-electron chi connectivity index (χ4n) is 1.98. The van der Waals surface area contributed by atoms with Crippen LogP contribution >= 0.6 is 23.2 Å². The molecule has 0 amide bonds. The van der Waals surface area contributed by atoms with Gasteiger partial charge in [0, 0.05) is 30.6 Å². The third-order valence-electron chi connectivity index (χ3n) is 3.25. The summed E-state index contributed by atoms with van der Waals surface area (Å²) >= 11 is 11.8. The van der Waals surface area contributed by atoms with Crippen LogP contribution in [-0.2, 0) is 20.6 Å². The Bertz CT molecular complexity index is 573. The summed E-state index contributed by atoms with van der Waals surface area (Å²) < 4.78 is 31.8. The van der Waals surface area contributed by atoms with Crippen molar-refractivity contribution >= 4 is 33.2 Å². The summed E-state index contributed by atoms with van der Waals surface area (Å²) in [5, 5.41) is 0.378. The molecule has 0 N–H and O–H groups in total. The molecule has 1 saturated carbocycles. The largest absolute Gasteiger partial charge is 0.383 e. The molecule has 0 spiro atoms. The maximum absolute atomic E-state index is 12.7. The Balaban J connectivity index is 2.29. The Labute approximate surface area is 129 Å². The van der Waals surface area contributed by atoms with Crippen LogP contribution in [0.15, 0.2) is 23.1 Å². The zero-order chi connectivity index (χ0) is 14.8. The van der Waals surface area contributed by atoms with Crippen molar-refractivity contribution in [1.82, 2.24) is 4.31 Å². The average Bonchev–Trinajstić information content (AvgIpc) is 3.23. The first-order valence-corrected chi connectivity index (χ1v) is 8.71. The van der Waals surface area contributed by atoms with Gasteiger partial charge in [-0.1, -0.05) is 17.7 Å². The number of ether oxygens (including phenoxy) is 1. The van der Waals surface area contributed by atoms with Gasteiger partial charge < -0.3 is 4.74 Å². The van der Waals surface area contributed by atoms with Gasteiger partial charge in [0.25, 0.3) is 0 Å². The van der Waals surface area contributed by atoms with E-state index in [0.717, 1.165) is 18.4 Å². The van der Waals surface area contributed by atoms with Gasteiger partial charge in [0.05, 0.1) is 11.5 Å². The van der Waals surface area contributed by atoms with E-state index < -0.39 is 10.0 Å². The fraction of sp³-hybridized carbons (Fsp3) is 0.538. The van der Waals surface area contributed by atoms with E-state index in [4.69, 9.17) is 27.9 Å². The van der Waals surface area contributed by atoms with Crippen LogP contribution in [0.1, 0.15) is 18.4 Å². The molecule has 7 heteroatoms. The van der Waals surface area contributed by atoms with E-state index in [0.29, 0.717) is 18.2 Å². The second-order valence-corrected chi connectivity index (χ2v) is 7.29. The van der Waals surface area contributed by atoms with Crippen LogP contribution in [0.25, 0.3) is 0 Å². The lowest BCUT2D eigenvalue weighted by Crippen LogP contribution is -2.35. The van der Waals surface area contributed by atoms with Crippen molar-refractivity contribution in [3.05, 3.63) is 28.8 Å². The summed E-state index contributed by atoms with van der Waals surface area (Å²) in [5.74, 6) is 0.259. The molecule has 20 heavy (non-hydrogen) atoms. The van der Waals surface area contributed by atoms with Crippen LogP contribution in [0, 0.1) is 0 Å². The van der Waals surface area contributed by atoms with Gasteiger partial charge in [-0.3, -0.25) is 0 Å². The Morgan fingerprint density at radius 3 is 2.60 bits per heavy atom. The molecule has 0 radical (unpaired) electrons. The highest BCUT2D eigenvalue weighted by atomic mass is 35.5. The first-order chi connectivity index (χ1) is 9.50. The standard InChI is InChI=1S/C13H17Cl2NO3S/c1-19-7-6-16(11-3-4-11)20(17,18)12-5-2-10(9-14)13(15)8-12/h2,5,8,11H,3-4,6-7,9H2,1H3. The zero-order valence-electron chi connectivity index (χ0n) is 11.2. The number of methoxy groups -OCH3 is 1. The number of sulfonamides is 1. The second kappa shape index (κ2) is 6.62. The molecule has 112 valence electrons. The van der Waals surface area contributed by atoms with E-state index in [-0.39, 0.29) is 16.8 Å². The van der Waals surface area contributed by atoms with Gasteiger partial charge in [0.1, 0.15) is 0 Å². The fourth-order valence-corrected chi connectivity index (χ4v) is 4.28. The highest BCUT2D eigenvalue weighted by Gasteiger charge is 2.37. The van der Waals surface area contributed by atoms with E-state index >= 15 is 0 Å². The Morgan fingerprint density at radius 2 is 2.10 bits per heavy atom. The topological polar surface area (TPSA) is 46.6 Å². The number of hydrogen-bond acceptors (Lipinski definition) is 3. The smallest absolute Gasteiger partial charge is 0.243 e. The summed E-state index contributed by atoms with van der Waals surface area (Å²) in [5.41, 5.74) is 0.724. The van der Waals surface area contributed by atoms with E-state index in [2.05, 4.69) is 0 Å². The SMILES string of the molecule is COCCN(C1CC1)S(=O)(=O)c1ccc(CCl)c(Cl)c1. The van der Waals surface area contributed by atoms with Gasteiger partial charge in [-0.15, -0.1) is 11.6 Å². The molecule has 0 unspecified atom stereocenters. The van der Waals surface area contributed by atoms with Crippen LogP contribution in [0.2, 0.25) is 5.02 Å². The van der Waals surface area contributed by atoms with Crippen molar-refractivity contribution in [1.29, 1.82) is 0 Å². The van der Waals surface area contributed by atoms with Crippen molar-refractivity contribution in [2.45, 2.75) is 29.7 Å². The lowest BCUT2D eigenvalue weighted by Gasteiger charge is -2.21. The Morgan fingerprint density at radius 1 is 1.40 bits per heavy atom. The van der Waals surface area contributed by atoms with Crippen molar-refractivity contribution in [2.24, 2.45) is 0 Å². The number of rotatable bonds is 7. The van der Waals surface area contributed by atoms with Crippen LogP contribution in [0.5, 0.6) is 0 Å². The van der Waals surface area contributed by atoms with Crippen molar-refractivity contribution in [3.8, 4) is 0 Å². The molecule has 4 nitrogen and oxygen atoms in total. The van der Waals surface area contributed by atoms with Crippen molar-refractivity contribution in [2.75, 3.05) is 20.3 Å². The number of benzene rings is 1. The number of nitrogens with zero attached hydrogens (tertiary/aromatic N) is 1. The van der Waals surface area contributed by atoms with E-state index in [1.165, 1.54) is 10.4 Å². The summed E-state index contributed by atoms with van der Waals surface area (Å²) in [6, 6.07) is 4.77. The number of alkyl halides is 1. The second-order valence-electron chi connectivity index (χ2n) is 4.73. The lowest BCUT2D eigenvalue weighted by atomic mass is 10.2. The van der Waals surface area contributed by atoms with Crippen LogP contribution < -0.4 is 0 Å². The lowest BCUT2D eigenvalue weighted by molar-refractivity contribution is 0.177. The predicted molar refractivity (Wildman–Crippen MR) is 79.8 cm³/mol. The highest BCUT2D eigenvalue weighted by molar-refractivity contribution is 7.89. The Hall–Kier alpha value is -0.330. The molecule has 1 aliphatic rings. The first kappa shape index (κ1) is 16.0. The molecular formula is C13H17Cl2NO3S. The first-order valence-electron chi connectivity index (χ1n) is 6.36. The number of halogens is 2. The van der Waals surface area contributed by atoms with Crippen LogP contribution in [0.4, 0.5) is 0 Å². The van der Waals surface area contributed by atoms with E-state index in [1.54, 1.807) is 19.2 Å². The van der Waals surface area contributed by atoms with Gasteiger partial charge >= 0.3 is 0 Å². The monoisotopic (exact) mass is 337 g/mol. The summed E-state index contributed by atoms with van der Waals surface area (Å²) in [6.07, 6.45) is 1.80. The zero-order valence-corrected chi connectivity index (χ0v) is 13.5. The highest BCUT2D eigenvalue weighted by Crippen LogP contribution is 2.33. The summed E-state index contributed by atoms with van der Waals surface area (Å²) in [6.45, 7) is 0.738. The predicted octanol–water partition coefficient (Wildman–Crippen LogP) is 2.88. The third kappa shape index (κ3) is 3.46. The molecular weight excluding hydrogens is 321 g/mol. The van der Waals surface area contributed by atoms with Crippen molar-refractivity contribution in [3.63, 3.8) is 0 Å². The van der Waals surface area contributed by atoms with E-state index in [9.17, 15) is 8.42 Å². The maximum atomic E-state index is 12.7. The van der Waals surface area contributed by atoms with Gasteiger partial charge in [-0.05, 0) is 30.5 Å². The molecule has 0 aliphatic heterocycles. The normalized spacial score (nSPS) is 15.8. The van der Waals surface area contributed by atoms with Gasteiger partial charge in [0.15, 0.2) is 0 Å². The third-order valence-corrected chi connectivity index (χ3v) is 5.83. The van der Waals surface area contributed by atoms with Crippen molar-refractivity contribution < 1.29 is 13.2 Å². The quantitative estimate of drug-likeness (QED) is 0.718. The Kier molecular flexibility index (Phi) is 5.31. The summed E-state index contributed by atoms with van der Waals surface area (Å²) in [4.78, 5) is 0.208. The molecule has 1 fully saturated rings. The average molecular weight is 338 g/mol. The van der Waals surface area contributed by atoms with Gasteiger partial charge in [-0.2, -0.15) is 4.31 Å². The van der Waals surface area contributed by atoms with Crippen LogP contribution in [0.3, 0.4) is 0 Å². The van der Waals surface area contributed by atoms with Crippen LogP contribution in [-0.4, -0.2) is 39.0 Å². The molecule has 1 aliphatic carbocycles. The molecule has 0 atom stereocenters. The molecule has 0 aromatic heterocycles. The van der Waals surface area contributed by atoms with E-state index in [1.807, 2.05) is 0 Å². The molecule has 2 rings (SSSR count). The summed E-state index contributed by atoms with van der Waals surface area (Å²) in [7, 11) is -1.97. The number of hydrogen-bond donors (Lipinski definition) is 0. The van der Waals surface area contributed by atoms with Gasteiger partial charge in [-0.25, -0.2) is 8.42 Å². The molecule has 0 heterocycles. The maximum Gasteiger partial charge on any atom is 0.243 e. The minimum atomic E-state index is -3.53. The van der Waals surface area contributed by atoms with Gasteiger partial charge in [0.2, 0.25) is 10.0 Å². The molecule has 1 aromatic carbocycles.